The van der Waals surface area contributed by atoms with Crippen molar-refractivity contribution in [3.63, 3.8) is 0 Å². The summed E-state index contributed by atoms with van der Waals surface area (Å²) in [6.07, 6.45) is 5.35. The fourth-order valence-corrected chi connectivity index (χ4v) is 3.80. The average Bonchev–Trinajstić information content (AvgIpc) is 3.27. The van der Waals surface area contributed by atoms with Crippen molar-refractivity contribution >= 4 is 45.8 Å². The van der Waals surface area contributed by atoms with Gasteiger partial charge in [0.25, 0.3) is 0 Å². The van der Waals surface area contributed by atoms with Gasteiger partial charge in [-0.3, -0.25) is 0 Å². The summed E-state index contributed by atoms with van der Waals surface area (Å²) >= 11 is 1.38. The van der Waals surface area contributed by atoms with Crippen molar-refractivity contribution in [1.29, 1.82) is 0 Å². The summed E-state index contributed by atoms with van der Waals surface area (Å²) in [5.74, 6) is 1.51. The molecule has 2 aromatic heterocycles. The van der Waals surface area contributed by atoms with Gasteiger partial charge >= 0.3 is 0 Å². The number of nitrogens with one attached hydrogen (secondary N) is 1. The van der Waals surface area contributed by atoms with Gasteiger partial charge in [0, 0.05) is 35.8 Å². The van der Waals surface area contributed by atoms with Crippen LogP contribution >= 0.6 is 11.3 Å². The number of thiazole rings is 1. The Bertz CT molecular complexity index is 1120. The maximum Gasteiger partial charge on any atom is 0.231 e. The quantitative estimate of drug-likeness (QED) is 0.585. The summed E-state index contributed by atoms with van der Waals surface area (Å²) in [6.45, 7) is 3.51. The lowest BCUT2D eigenvalue weighted by atomic mass is 10.1. The lowest BCUT2D eigenvalue weighted by Crippen LogP contribution is -2.19. The third-order valence-electron chi connectivity index (χ3n) is 4.59. The van der Waals surface area contributed by atoms with Gasteiger partial charge in [-0.1, -0.05) is 11.3 Å². The number of hydrogen-bond acceptors (Lipinski definition) is 8. The number of ether oxygens (including phenoxy) is 1. The number of anilines is 2. The molecule has 154 valence electrons. The van der Waals surface area contributed by atoms with Gasteiger partial charge in [0.15, 0.2) is 10.9 Å². The Morgan fingerprint density at radius 1 is 1.27 bits per heavy atom. The molecule has 2 N–H and O–H groups in total. The van der Waals surface area contributed by atoms with Crippen LogP contribution in [0.2, 0.25) is 0 Å². The lowest BCUT2D eigenvalue weighted by Gasteiger charge is -2.13. The summed E-state index contributed by atoms with van der Waals surface area (Å²) in [7, 11) is 4.04. The minimum Gasteiger partial charge on any atom is -0.492 e. The van der Waals surface area contributed by atoms with Crippen LogP contribution in [0.5, 0.6) is 11.6 Å². The molecule has 0 unspecified atom stereocenters. The number of nitrogens with zero attached hydrogens (tertiary/aromatic N) is 4. The van der Waals surface area contributed by atoms with Crippen LogP contribution in [-0.2, 0) is 0 Å². The summed E-state index contributed by atoms with van der Waals surface area (Å²) in [4.78, 5) is 15.5. The molecule has 1 aliphatic rings. The number of aliphatic imine (C=N–C) groups is 1. The molecule has 0 bridgehead atoms. The van der Waals surface area contributed by atoms with Crippen LogP contribution in [0.25, 0.3) is 11.6 Å². The normalized spacial score (nSPS) is 13.8. The van der Waals surface area contributed by atoms with Gasteiger partial charge in [-0.05, 0) is 63.0 Å². The van der Waals surface area contributed by atoms with Gasteiger partial charge in [0.1, 0.15) is 12.4 Å². The SMILES string of the molecule is Cc1cc(OCCN(C)C)ccc1Nc1nc(O)c(C=C2C=Nc3ncccc32)s1. The standard InChI is InChI=1S/C22H23N5O2S/c1-14-11-16(29-10-9-27(2)3)6-7-18(14)25-22-26-21(28)19(30-22)12-15-13-24-20-17(15)5-4-8-23-20/h4-8,11-13,28H,9-10H2,1-3H3,(H,25,26). The second-order valence-electron chi connectivity index (χ2n) is 7.19. The van der Waals surface area contributed by atoms with E-state index in [1.165, 1.54) is 11.3 Å². The molecule has 3 aromatic rings. The van der Waals surface area contributed by atoms with E-state index in [2.05, 4.69) is 25.2 Å². The molecule has 1 aliphatic heterocycles. The number of pyridine rings is 1. The summed E-state index contributed by atoms with van der Waals surface area (Å²) < 4.78 is 5.78. The van der Waals surface area contributed by atoms with Crippen molar-refractivity contribution in [2.45, 2.75) is 6.92 Å². The van der Waals surface area contributed by atoms with Crippen molar-refractivity contribution in [2.75, 3.05) is 32.6 Å². The Balaban J connectivity index is 1.48. The van der Waals surface area contributed by atoms with Crippen molar-refractivity contribution < 1.29 is 9.84 Å². The van der Waals surface area contributed by atoms with Crippen molar-refractivity contribution in [2.24, 2.45) is 4.99 Å². The highest BCUT2D eigenvalue weighted by Gasteiger charge is 2.16. The first-order chi connectivity index (χ1) is 14.5. The van der Waals surface area contributed by atoms with E-state index in [-0.39, 0.29) is 5.88 Å². The van der Waals surface area contributed by atoms with E-state index in [9.17, 15) is 5.11 Å². The molecule has 0 saturated carbocycles. The van der Waals surface area contributed by atoms with Gasteiger partial charge in [0.2, 0.25) is 5.88 Å². The number of benzene rings is 1. The van der Waals surface area contributed by atoms with Crippen molar-refractivity contribution in [3.8, 4) is 11.6 Å². The van der Waals surface area contributed by atoms with Gasteiger partial charge in [0.05, 0.1) is 4.88 Å². The number of aromatic nitrogens is 2. The third kappa shape index (κ3) is 4.50. The Kier molecular flexibility index (Phi) is 5.78. The zero-order chi connectivity index (χ0) is 21.1. The second kappa shape index (κ2) is 8.64. The van der Waals surface area contributed by atoms with Gasteiger partial charge in [-0.2, -0.15) is 4.98 Å². The Hall–Kier alpha value is -3.23. The molecular formula is C22H23N5O2S. The van der Waals surface area contributed by atoms with Crippen molar-refractivity contribution in [3.05, 3.63) is 52.5 Å². The molecule has 8 heteroatoms. The molecule has 0 spiro atoms. The molecule has 0 aliphatic carbocycles. The average molecular weight is 422 g/mol. The number of likely N-dealkylation sites (N-methyl/N-ethyl adjacent to an activating group) is 1. The molecule has 1 aromatic carbocycles. The maximum atomic E-state index is 10.3. The van der Waals surface area contributed by atoms with E-state index >= 15 is 0 Å². The minimum absolute atomic E-state index is 0.0120. The smallest absolute Gasteiger partial charge is 0.231 e. The predicted octanol–water partition coefficient (Wildman–Crippen LogP) is 4.49. The van der Waals surface area contributed by atoms with Crippen LogP contribution in [0.1, 0.15) is 16.0 Å². The Labute approximate surface area is 179 Å². The topological polar surface area (TPSA) is 82.9 Å². The molecule has 0 fully saturated rings. The molecule has 3 heterocycles. The zero-order valence-corrected chi connectivity index (χ0v) is 17.9. The number of aromatic hydroxyl groups is 1. The van der Waals surface area contributed by atoms with Gasteiger partial charge in [-0.25, -0.2) is 9.98 Å². The van der Waals surface area contributed by atoms with E-state index in [1.807, 2.05) is 57.4 Å². The molecule has 0 radical (unpaired) electrons. The molecule has 0 saturated heterocycles. The van der Waals surface area contributed by atoms with Crippen LogP contribution < -0.4 is 10.1 Å². The van der Waals surface area contributed by atoms with Gasteiger partial charge < -0.3 is 20.1 Å². The molecule has 4 rings (SSSR count). The van der Waals surface area contributed by atoms with Crippen LogP contribution in [0.3, 0.4) is 0 Å². The number of rotatable bonds is 7. The minimum atomic E-state index is -0.0120. The lowest BCUT2D eigenvalue weighted by molar-refractivity contribution is 0.261. The summed E-state index contributed by atoms with van der Waals surface area (Å²) in [5.41, 5.74) is 3.80. The Morgan fingerprint density at radius 2 is 2.13 bits per heavy atom. The van der Waals surface area contributed by atoms with E-state index < -0.39 is 0 Å². The number of aryl methyl sites for hydroxylation is 1. The highest BCUT2D eigenvalue weighted by molar-refractivity contribution is 7.16. The predicted molar refractivity (Wildman–Crippen MR) is 123 cm³/mol. The molecular weight excluding hydrogens is 398 g/mol. The first-order valence-corrected chi connectivity index (χ1v) is 10.4. The monoisotopic (exact) mass is 421 g/mol. The fourth-order valence-electron chi connectivity index (χ4n) is 2.98. The largest absolute Gasteiger partial charge is 0.492 e. The third-order valence-corrected chi connectivity index (χ3v) is 5.50. The van der Waals surface area contributed by atoms with Gasteiger partial charge in [-0.15, -0.1) is 0 Å². The number of allylic oxidation sites excluding steroid dienone is 1. The molecule has 0 atom stereocenters. The molecule has 7 nitrogen and oxygen atoms in total. The summed E-state index contributed by atoms with van der Waals surface area (Å²) in [6, 6.07) is 9.72. The highest BCUT2D eigenvalue weighted by Crippen LogP contribution is 2.36. The first kappa shape index (κ1) is 20.1. The van der Waals surface area contributed by atoms with Crippen LogP contribution in [0.4, 0.5) is 16.6 Å². The number of hydrogen-bond donors (Lipinski definition) is 2. The van der Waals surface area contributed by atoms with E-state index in [1.54, 1.807) is 12.4 Å². The van der Waals surface area contributed by atoms with Crippen LogP contribution in [-0.4, -0.2) is 53.4 Å². The fraction of sp³-hybridized carbons (Fsp3) is 0.227. The van der Waals surface area contributed by atoms with E-state index in [4.69, 9.17) is 4.74 Å². The van der Waals surface area contributed by atoms with Crippen molar-refractivity contribution in [1.82, 2.24) is 14.9 Å². The Morgan fingerprint density at radius 3 is 2.93 bits per heavy atom. The van der Waals surface area contributed by atoms with Crippen LogP contribution in [0.15, 0.2) is 41.5 Å². The maximum absolute atomic E-state index is 10.3. The zero-order valence-electron chi connectivity index (χ0n) is 17.1. The first-order valence-electron chi connectivity index (χ1n) is 9.56. The second-order valence-corrected chi connectivity index (χ2v) is 8.22. The summed E-state index contributed by atoms with van der Waals surface area (Å²) in [5, 5.41) is 14.2. The van der Waals surface area contributed by atoms with Crippen LogP contribution in [0, 0.1) is 6.92 Å². The molecule has 0 amide bonds. The number of fused-ring (bicyclic) bond motifs is 1. The highest BCUT2D eigenvalue weighted by atomic mass is 32.1. The van der Waals surface area contributed by atoms with E-state index in [0.29, 0.717) is 22.4 Å². The van der Waals surface area contributed by atoms with E-state index in [0.717, 1.165) is 34.7 Å². The molecule has 30 heavy (non-hydrogen) atoms.